The summed E-state index contributed by atoms with van der Waals surface area (Å²) in [4.78, 5) is 28.0. The van der Waals surface area contributed by atoms with E-state index < -0.39 is 11.9 Å². The number of nitrogens with zero attached hydrogens (tertiary/aromatic N) is 1. The van der Waals surface area contributed by atoms with E-state index in [2.05, 4.69) is 31.3 Å². The molecule has 2 amide bonds. The van der Waals surface area contributed by atoms with Crippen molar-refractivity contribution in [3.05, 3.63) is 63.6 Å². The van der Waals surface area contributed by atoms with Gasteiger partial charge in [0, 0.05) is 23.7 Å². The third-order valence-electron chi connectivity index (χ3n) is 6.24. The van der Waals surface area contributed by atoms with Crippen LogP contribution in [0.5, 0.6) is 5.75 Å². The van der Waals surface area contributed by atoms with Gasteiger partial charge in [0.25, 0.3) is 5.91 Å². The molecule has 1 heterocycles. The lowest BCUT2D eigenvalue weighted by molar-refractivity contribution is -0.137. The smallest absolute Gasteiger partial charge is 0.252 e. The van der Waals surface area contributed by atoms with Crippen LogP contribution in [0.4, 0.5) is 0 Å². The van der Waals surface area contributed by atoms with Crippen LogP contribution in [-0.4, -0.2) is 41.0 Å². The van der Waals surface area contributed by atoms with Crippen LogP contribution in [0.1, 0.15) is 56.0 Å². The van der Waals surface area contributed by atoms with Gasteiger partial charge < -0.3 is 15.3 Å². The molecular weight excluding hydrogens is 447 g/mol. The summed E-state index contributed by atoms with van der Waals surface area (Å²) in [5, 5.41) is 13.5. The minimum atomic E-state index is -0.664. The van der Waals surface area contributed by atoms with Crippen molar-refractivity contribution >= 4 is 35.0 Å². The molecule has 172 valence electrons. The van der Waals surface area contributed by atoms with Crippen molar-refractivity contribution in [2.24, 2.45) is 11.3 Å². The van der Waals surface area contributed by atoms with Gasteiger partial charge in [0.15, 0.2) is 0 Å². The summed E-state index contributed by atoms with van der Waals surface area (Å²) in [7, 11) is 0. The van der Waals surface area contributed by atoms with E-state index in [-0.39, 0.29) is 33.6 Å². The average Bonchev–Trinajstić information content (AvgIpc) is 2.73. The lowest BCUT2D eigenvalue weighted by Gasteiger charge is -2.45. The number of carbonyl (C=O) groups is 2. The van der Waals surface area contributed by atoms with Gasteiger partial charge in [-0.05, 0) is 59.6 Å². The molecule has 3 rings (SSSR count). The predicted octanol–water partition coefficient (Wildman–Crippen LogP) is 5.50. The second-order valence-electron chi connectivity index (χ2n) is 9.50. The molecule has 0 saturated carbocycles. The number of phenols is 1. The number of phenolic OH excluding ortho intramolecular Hbond substituents is 1. The molecule has 1 saturated heterocycles. The van der Waals surface area contributed by atoms with Gasteiger partial charge in [-0.25, -0.2) is 0 Å². The van der Waals surface area contributed by atoms with Gasteiger partial charge in [0.1, 0.15) is 11.8 Å². The minimum Gasteiger partial charge on any atom is -0.506 e. The number of carbonyl (C=O) groups excluding carboxylic acids is 2. The first-order chi connectivity index (χ1) is 15.0. The second-order valence-corrected chi connectivity index (χ2v) is 10.3. The lowest BCUT2D eigenvalue weighted by atomic mass is 9.70. The Hall–Kier alpha value is -2.24. The maximum Gasteiger partial charge on any atom is 0.252 e. The van der Waals surface area contributed by atoms with E-state index in [1.54, 1.807) is 0 Å². The van der Waals surface area contributed by atoms with Crippen LogP contribution in [-0.2, 0) is 4.79 Å². The molecular formula is C25H30Cl2N2O3. The topological polar surface area (TPSA) is 69.6 Å². The molecule has 2 atom stereocenters. The Morgan fingerprint density at radius 1 is 1.12 bits per heavy atom. The van der Waals surface area contributed by atoms with E-state index in [0.717, 1.165) is 6.42 Å². The van der Waals surface area contributed by atoms with Gasteiger partial charge in [-0.3, -0.25) is 9.59 Å². The van der Waals surface area contributed by atoms with E-state index in [4.69, 9.17) is 23.2 Å². The quantitative estimate of drug-likeness (QED) is 0.598. The van der Waals surface area contributed by atoms with Crippen LogP contribution in [0.2, 0.25) is 10.0 Å². The molecule has 2 N–H and O–H groups in total. The maximum absolute atomic E-state index is 13.4. The summed E-state index contributed by atoms with van der Waals surface area (Å²) in [5.74, 6) is -0.455. The highest BCUT2D eigenvalue weighted by Gasteiger charge is 2.40. The Balaban J connectivity index is 1.73. The van der Waals surface area contributed by atoms with Crippen LogP contribution in [0.25, 0.3) is 0 Å². The number of amides is 2. The molecule has 0 spiro atoms. The third kappa shape index (κ3) is 5.38. The molecule has 0 radical (unpaired) electrons. The number of nitrogens with one attached hydrogen (secondary N) is 1. The monoisotopic (exact) mass is 476 g/mol. The first kappa shape index (κ1) is 24.4. The van der Waals surface area contributed by atoms with Crippen LogP contribution in [0, 0.1) is 11.3 Å². The van der Waals surface area contributed by atoms with Gasteiger partial charge in [0.2, 0.25) is 5.91 Å². The van der Waals surface area contributed by atoms with Crippen LogP contribution >= 0.6 is 23.2 Å². The summed E-state index contributed by atoms with van der Waals surface area (Å²) in [5.41, 5.74) is 1.35. The number of halogens is 2. The number of benzene rings is 2. The van der Waals surface area contributed by atoms with Gasteiger partial charge in [-0.1, -0.05) is 63.0 Å². The molecule has 0 aliphatic carbocycles. The molecule has 7 heteroatoms. The second kappa shape index (κ2) is 9.72. The standard InChI is InChI=1S/C25H30Cl2N2O3/c1-15(2)22(28-23(31)17-7-10-20(27)21(30)13-17)24(32)29-12-11-19(25(3,4)14-29)16-5-8-18(26)9-6-16/h5-10,13,15,19,22,30H,11-12,14H2,1-4H3,(H,28,31)/t19-,22-/m1/s1. The largest absolute Gasteiger partial charge is 0.506 e. The summed E-state index contributed by atoms with van der Waals surface area (Å²) in [6.45, 7) is 9.38. The minimum absolute atomic E-state index is 0.0887. The van der Waals surface area contributed by atoms with E-state index >= 15 is 0 Å². The van der Waals surface area contributed by atoms with Crippen molar-refractivity contribution in [3.63, 3.8) is 0 Å². The van der Waals surface area contributed by atoms with Crippen LogP contribution in [0.3, 0.4) is 0 Å². The van der Waals surface area contributed by atoms with Gasteiger partial charge in [-0.15, -0.1) is 0 Å². The molecule has 5 nitrogen and oxygen atoms in total. The van der Waals surface area contributed by atoms with Gasteiger partial charge in [0.05, 0.1) is 5.02 Å². The van der Waals surface area contributed by atoms with Crippen molar-refractivity contribution < 1.29 is 14.7 Å². The number of hydrogen-bond donors (Lipinski definition) is 2. The van der Waals surface area contributed by atoms with Crippen molar-refractivity contribution in [1.82, 2.24) is 10.2 Å². The number of piperidine rings is 1. The summed E-state index contributed by atoms with van der Waals surface area (Å²) < 4.78 is 0. The summed E-state index contributed by atoms with van der Waals surface area (Å²) in [6, 6.07) is 11.6. The van der Waals surface area contributed by atoms with E-state index in [9.17, 15) is 14.7 Å². The van der Waals surface area contributed by atoms with Crippen molar-refractivity contribution in [3.8, 4) is 5.75 Å². The van der Waals surface area contributed by atoms with E-state index in [0.29, 0.717) is 24.0 Å². The van der Waals surface area contributed by atoms with Crippen LogP contribution in [0.15, 0.2) is 42.5 Å². The highest BCUT2D eigenvalue weighted by atomic mass is 35.5. The van der Waals surface area contributed by atoms with Crippen molar-refractivity contribution in [2.45, 2.75) is 46.1 Å². The Bertz CT molecular complexity index is 989. The van der Waals surface area contributed by atoms with E-state index in [1.165, 1.54) is 23.8 Å². The highest BCUT2D eigenvalue weighted by molar-refractivity contribution is 6.32. The predicted molar refractivity (Wildman–Crippen MR) is 128 cm³/mol. The fourth-order valence-electron chi connectivity index (χ4n) is 4.45. The molecule has 1 aliphatic rings. The molecule has 0 unspecified atom stereocenters. The summed E-state index contributed by atoms with van der Waals surface area (Å²) >= 11 is 11.9. The normalized spacial score (nSPS) is 19.0. The molecule has 0 aromatic heterocycles. The highest BCUT2D eigenvalue weighted by Crippen LogP contribution is 2.42. The zero-order chi connectivity index (χ0) is 23.6. The third-order valence-corrected chi connectivity index (χ3v) is 6.81. The number of rotatable bonds is 5. The zero-order valence-corrected chi connectivity index (χ0v) is 20.4. The first-order valence-corrected chi connectivity index (χ1v) is 11.6. The SMILES string of the molecule is CC(C)[C@@H](NC(=O)c1ccc(Cl)c(O)c1)C(=O)N1CC[C@H](c2ccc(Cl)cc2)C(C)(C)C1. The van der Waals surface area contributed by atoms with Gasteiger partial charge in [-0.2, -0.15) is 0 Å². The molecule has 2 aromatic rings. The Kier molecular flexibility index (Phi) is 7.41. The lowest BCUT2D eigenvalue weighted by Crippen LogP contribution is -2.55. The molecule has 1 aliphatic heterocycles. The fraction of sp³-hybridized carbons (Fsp3) is 0.440. The van der Waals surface area contributed by atoms with Crippen molar-refractivity contribution in [2.75, 3.05) is 13.1 Å². The zero-order valence-electron chi connectivity index (χ0n) is 18.9. The van der Waals surface area contributed by atoms with Crippen molar-refractivity contribution in [1.29, 1.82) is 0 Å². The number of aromatic hydroxyl groups is 1. The number of hydrogen-bond acceptors (Lipinski definition) is 3. The van der Waals surface area contributed by atoms with Crippen LogP contribution < -0.4 is 5.32 Å². The Morgan fingerprint density at radius 3 is 2.34 bits per heavy atom. The molecule has 0 bridgehead atoms. The molecule has 32 heavy (non-hydrogen) atoms. The van der Waals surface area contributed by atoms with E-state index in [1.807, 2.05) is 30.9 Å². The average molecular weight is 477 g/mol. The Labute approximate surface area is 199 Å². The fourth-order valence-corrected chi connectivity index (χ4v) is 4.69. The first-order valence-electron chi connectivity index (χ1n) is 10.8. The maximum atomic E-state index is 13.4. The number of likely N-dealkylation sites (tertiary alicyclic amines) is 1. The molecule has 1 fully saturated rings. The van der Waals surface area contributed by atoms with Gasteiger partial charge >= 0.3 is 0 Å². The summed E-state index contributed by atoms with van der Waals surface area (Å²) in [6.07, 6.45) is 0.837. The molecule has 2 aromatic carbocycles. The Morgan fingerprint density at radius 2 is 1.78 bits per heavy atom.